The van der Waals surface area contributed by atoms with Crippen molar-refractivity contribution < 1.29 is 0 Å². The molecule has 2 aliphatic rings. The minimum Gasteiger partial charge on any atom is -0.341 e. The molecule has 104 valence electrons. The van der Waals surface area contributed by atoms with Gasteiger partial charge in [-0.3, -0.25) is 5.43 Å². The van der Waals surface area contributed by atoms with Crippen LogP contribution in [-0.4, -0.2) is 55.0 Å². The Labute approximate surface area is 110 Å². The molecule has 0 spiro atoms. The maximum absolute atomic E-state index is 5.66. The average molecular weight is 253 g/mol. The lowest BCUT2D eigenvalue weighted by molar-refractivity contribution is 0.178. The summed E-state index contributed by atoms with van der Waals surface area (Å²) in [4.78, 5) is 9.40. The van der Waals surface area contributed by atoms with Crippen LogP contribution in [0.1, 0.15) is 38.5 Å². The van der Waals surface area contributed by atoms with E-state index in [0.717, 1.165) is 12.5 Å². The third-order valence-corrected chi connectivity index (χ3v) is 4.24. The highest BCUT2D eigenvalue weighted by Crippen LogP contribution is 2.21. The number of nitrogens with one attached hydrogen (secondary N) is 1. The first-order valence-electron chi connectivity index (χ1n) is 7.16. The van der Waals surface area contributed by atoms with Crippen molar-refractivity contribution in [1.82, 2.24) is 15.2 Å². The zero-order valence-electron chi connectivity index (χ0n) is 11.7. The van der Waals surface area contributed by atoms with Gasteiger partial charge in [0.15, 0.2) is 0 Å². The van der Waals surface area contributed by atoms with Crippen molar-refractivity contribution in [3.63, 3.8) is 0 Å². The Kier molecular flexibility index (Phi) is 4.83. The molecule has 1 saturated heterocycles. The van der Waals surface area contributed by atoms with E-state index in [-0.39, 0.29) is 0 Å². The molecule has 0 aromatic heterocycles. The first-order valence-corrected chi connectivity index (χ1v) is 7.16. The second-order valence-electron chi connectivity index (χ2n) is 5.70. The van der Waals surface area contributed by atoms with Gasteiger partial charge in [0.05, 0.1) is 6.04 Å². The van der Waals surface area contributed by atoms with Crippen LogP contribution in [0.25, 0.3) is 0 Å². The predicted octanol–water partition coefficient (Wildman–Crippen LogP) is 0.774. The molecule has 5 heteroatoms. The Morgan fingerprint density at radius 2 is 2.00 bits per heavy atom. The zero-order chi connectivity index (χ0) is 13.0. The molecule has 0 bridgehead atoms. The van der Waals surface area contributed by atoms with Gasteiger partial charge in [-0.2, -0.15) is 0 Å². The van der Waals surface area contributed by atoms with Gasteiger partial charge < -0.3 is 9.80 Å². The number of likely N-dealkylation sites (tertiary alicyclic amines) is 1. The van der Waals surface area contributed by atoms with Crippen LogP contribution in [-0.2, 0) is 0 Å². The maximum Gasteiger partial charge on any atom is 0.208 e. The van der Waals surface area contributed by atoms with Gasteiger partial charge in [0.2, 0.25) is 5.96 Å². The summed E-state index contributed by atoms with van der Waals surface area (Å²) in [6, 6.07) is 1.000. The van der Waals surface area contributed by atoms with E-state index in [1.807, 2.05) is 0 Å². The first-order chi connectivity index (χ1) is 8.70. The van der Waals surface area contributed by atoms with Crippen molar-refractivity contribution in [3.8, 4) is 0 Å². The average Bonchev–Trinajstić information content (AvgIpc) is 2.88. The summed E-state index contributed by atoms with van der Waals surface area (Å²) in [6.45, 7) is 2.30. The second-order valence-corrected chi connectivity index (χ2v) is 5.70. The molecule has 0 radical (unpaired) electrons. The zero-order valence-corrected chi connectivity index (χ0v) is 11.7. The normalized spacial score (nSPS) is 27.5. The summed E-state index contributed by atoms with van der Waals surface area (Å²) in [5.41, 5.74) is 2.80. The predicted molar refractivity (Wildman–Crippen MR) is 75.3 cm³/mol. The Morgan fingerprint density at radius 1 is 1.28 bits per heavy atom. The van der Waals surface area contributed by atoms with Gasteiger partial charge in [-0.25, -0.2) is 10.8 Å². The minimum absolute atomic E-state index is 0.472. The summed E-state index contributed by atoms with van der Waals surface area (Å²) in [6.07, 6.45) is 7.52. The largest absolute Gasteiger partial charge is 0.341 e. The van der Waals surface area contributed by atoms with Crippen molar-refractivity contribution in [3.05, 3.63) is 0 Å². The fourth-order valence-corrected chi connectivity index (χ4v) is 3.06. The maximum atomic E-state index is 5.66. The molecule has 1 heterocycles. The summed E-state index contributed by atoms with van der Waals surface area (Å²) >= 11 is 0. The molecule has 2 fully saturated rings. The molecule has 1 unspecified atom stereocenters. The van der Waals surface area contributed by atoms with Crippen LogP contribution in [0.5, 0.6) is 0 Å². The fourth-order valence-electron chi connectivity index (χ4n) is 3.06. The van der Waals surface area contributed by atoms with Crippen LogP contribution in [0, 0.1) is 0 Å². The van der Waals surface area contributed by atoms with Crippen molar-refractivity contribution in [2.45, 2.75) is 50.6 Å². The van der Waals surface area contributed by atoms with E-state index in [0.29, 0.717) is 12.1 Å². The molecule has 0 aromatic carbocycles. The van der Waals surface area contributed by atoms with Gasteiger partial charge in [0.1, 0.15) is 0 Å². The molecule has 18 heavy (non-hydrogen) atoms. The van der Waals surface area contributed by atoms with Gasteiger partial charge in [-0.15, -0.1) is 0 Å². The monoisotopic (exact) mass is 253 g/mol. The van der Waals surface area contributed by atoms with Crippen molar-refractivity contribution in [1.29, 1.82) is 0 Å². The standard InChI is InChI=1S/C13H27N5/c1-17-9-5-8-12(10-17)18(2)13(16-14)15-11-6-3-4-7-11/h11-12H,3-10,14H2,1-2H3,(H,15,16). The van der Waals surface area contributed by atoms with Crippen LogP contribution in [0.4, 0.5) is 0 Å². The number of likely N-dealkylation sites (N-methyl/N-ethyl adjacent to an activating group) is 2. The number of piperidine rings is 1. The lowest BCUT2D eigenvalue weighted by Gasteiger charge is -2.37. The number of nitrogens with zero attached hydrogens (tertiary/aromatic N) is 3. The van der Waals surface area contributed by atoms with E-state index in [2.05, 4.69) is 29.3 Å². The molecule has 0 amide bonds. The van der Waals surface area contributed by atoms with Crippen LogP contribution in [0.2, 0.25) is 0 Å². The highest BCUT2D eigenvalue weighted by atomic mass is 15.4. The number of hydrazine groups is 1. The quantitative estimate of drug-likeness (QED) is 0.330. The number of rotatable bonds is 2. The van der Waals surface area contributed by atoms with E-state index in [4.69, 9.17) is 10.8 Å². The first kappa shape index (κ1) is 13.6. The number of nitrogens with two attached hydrogens (primary N) is 1. The lowest BCUT2D eigenvalue weighted by atomic mass is 10.1. The fraction of sp³-hybridized carbons (Fsp3) is 0.923. The van der Waals surface area contributed by atoms with E-state index in [1.165, 1.54) is 45.1 Å². The Morgan fingerprint density at radius 3 is 2.61 bits per heavy atom. The molecule has 5 nitrogen and oxygen atoms in total. The highest BCUT2D eigenvalue weighted by molar-refractivity contribution is 5.79. The number of hydrogen-bond donors (Lipinski definition) is 2. The van der Waals surface area contributed by atoms with Crippen molar-refractivity contribution in [2.24, 2.45) is 10.8 Å². The summed E-state index contributed by atoms with van der Waals surface area (Å²) in [5.74, 6) is 6.52. The van der Waals surface area contributed by atoms with E-state index < -0.39 is 0 Å². The SMILES string of the molecule is CN1CCCC(N(C)C(=NC2CCCC2)NN)C1. The number of aliphatic imine (C=N–C) groups is 1. The van der Waals surface area contributed by atoms with Crippen molar-refractivity contribution in [2.75, 3.05) is 27.2 Å². The molecule has 3 N–H and O–H groups in total. The highest BCUT2D eigenvalue weighted by Gasteiger charge is 2.24. The molecule has 1 saturated carbocycles. The molecular weight excluding hydrogens is 226 g/mol. The molecule has 1 aliphatic carbocycles. The number of guanidine groups is 1. The molecule has 1 aliphatic heterocycles. The van der Waals surface area contributed by atoms with E-state index in [1.54, 1.807) is 0 Å². The van der Waals surface area contributed by atoms with E-state index >= 15 is 0 Å². The third-order valence-electron chi connectivity index (χ3n) is 4.24. The van der Waals surface area contributed by atoms with Crippen molar-refractivity contribution >= 4 is 5.96 Å². The molecular formula is C13H27N5. The van der Waals surface area contributed by atoms with Crippen LogP contribution >= 0.6 is 0 Å². The van der Waals surface area contributed by atoms with Crippen LogP contribution in [0.3, 0.4) is 0 Å². The third kappa shape index (κ3) is 3.36. The Hall–Kier alpha value is -0.810. The lowest BCUT2D eigenvalue weighted by Crippen LogP contribution is -2.53. The summed E-state index contributed by atoms with van der Waals surface area (Å²) < 4.78 is 0. The molecule has 1 atom stereocenters. The molecule has 0 aromatic rings. The summed E-state index contributed by atoms with van der Waals surface area (Å²) in [7, 11) is 4.29. The van der Waals surface area contributed by atoms with E-state index in [9.17, 15) is 0 Å². The van der Waals surface area contributed by atoms with Gasteiger partial charge in [-0.05, 0) is 39.3 Å². The smallest absolute Gasteiger partial charge is 0.208 e. The van der Waals surface area contributed by atoms with Crippen LogP contribution < -0.4 is 11.3 Å². The van der Waals surface area contributed by atoms with Gasteiger partial charge >= 0.3 is 0 Å². The van der Waals surface area contributed by atoms with Crippen LogP contribution in [0.15, 0.2) is 4.99 Å². The van der Waals surface area contributed by atoms with Gasteiger partial charge in [0, 0.05) is 19.6 Å². The second kappa shape index (κ2) is 6.38. The number of hydrogen-bond acceptors (Lipinski definition) is 3. The van der Waals surface area contributed by atoms with Gasteiger partial charge in [-0.1, -0.05) is 12.8 Å². The Bertz CT molecular complexity index is 285. The topological polar surface area (TPSA) is 56.9 Å². The molecule has 2 rings (SSSR count). The Balaban J connectivity index is 1.97. The minimum atomic E-state index is 0.472. The summed E-state index contributed by atoms with van der Waals surface area (Å²) in [5, 5.41) is 0. The van der Waals surface area contributed by atoms with Gasteiger partial charge in [0.25, 0.3) is 0 Å².